The summed E-state index contributed by atoms with van der Waals surface area (Å²) in [5.41, 5.74) is 13.3. The number of rotatable bonds is 6. The van der Waals surface area contributed by atoms with Crippen molar-refractivity contribution in [1.29, 1.82) is 0 Å². The third-order valence-corrected chi connectivity index (χ3v) is 10.3. The molecule has 0 N–H and O–H groups in total. The minimum Gasteiger partial charge on any atom is -0.456 e. The summed E-state index contributed by atoms with van der Waals surface area (Å²) in [4.78, 5) is 7.03. The van der Waals surface area contributed by atoms with Crippen LogP contribution < -0.4 is 4.90 Å². The van der Waals surface area contributed by atoms with E-state index >= 15 is 0 Å². The minimum atomic E-state index is 0.594. The monoisotopic (exact) mass is 694 g/mol. The third kappa shape index (κ3) is 4.98. The molecule has 0 unspecified atom stereocenters. The van der Waals surface area contributed by atoms with Crippen LogP contribution in [0.1, 0.15) is 0 Å². The molecule has 0 fully saturated rings. The summed E-state index contributed by atoms with van der Waals surface area (Å²) in [6, 6.07) is 62.9. The number of hydrogen-bond acceptors (Lipinski definition) is 5. The van der Waals surface area contributed by atoms with E-state index in [0.29, 0.717) is 5.89 Å². The molecular weight excluding hydrogens is 665 g/mol. The fourth-order valence-corrected chi connectivity index (χ4v) is 7.72. The van der Waals surface area contributed by atoms with Gasteiger partial charge in [-0.25, -0.2) is 4.98 Å². The zero-order chi connectivity index (χ0) is 35.6. The summed E-state index contributed by atoms with van der Waals surface area (Å²) in [5.74, 6) is 0.594. The number of nitrogens with zero attached hydrogens (tertiary/aromatic N) is 2. The van der Waals surface area contributed by atoms with Crippen molar-refractivity contribution in [3.8, 4) is 33.7 Å². The Kier molecular flexibility index (Phi) is 6.79. The minimum absolute atomic E-state index is 0.594. The van der Waals surface area contributed by atoms with Crippen LogP contribution in [-0.2, 0) is 0 Å². The Morgan fingerprint density at radius 2 is 0.852 bits per heavy atom. The quantitative estimate of drug-likeness (QED) is 0.173. The lowest BCUT2D eigenvalue weighted by atomic mass is 9.94. The van der Waals surface area contributed by atoms with E-state index in [2.05, 4.69) is 126 Å². The van der Waals surface area contributed by atoms with Gasteiger partial charge in [0.05, 0.1) is 0 Å². The van der Waals surface area contributed by atoms with Crippen molar-refractivity contribution in [2.24, 2.45) is 0 Å². The Morgan fingerprint density at radius 1 is 0.333 bits per heavy atom. The Hall–Kier alpha value is -7.37. The van der Waals surface area contributed by atoms with Gasteiger partial charge in [0.25, 0.3) is 0 Å². The van der Waals surface area contributed by atoms with Gasteiger partial charge >= 0.3 is 0 Å². The van der Waals surface area contributed by atoms with E-state index < -0.39 is 0 Å². The lowest BCUT2D eigenvalue weighted by Gasteiger charge is -2.25. The maximum absolute atomic E-state index is 6.55. The lowest BCUT2D eigenvalue weighted by molar-refractivity contribution is 0.620. The SMILES string of the molecule is c1ccc(-c2nc3cc4oc5cc(N(c6ccc(-c7ccccc7-c7ccccc7)cc6)c6ccc7c(c6)oc6ccccc67)ccc5c4cc3o2)cc1. The van der Waals surface area contributed by atoms with Crippen LogP contribution in [0.3, 0.4) is 0 Å². The van der Waals surface area contributed by atoms with Gasteiger partial charge in [-0.05, 0) is 82.9 Å². The molecule has 0 bridgehead atoms. The van der Waals surface area contributed by atoms with Crippen LogP contribution in [0.4, 0.5) is 17.1 Å². The molecule has 54 heavy (non-hydrogen) atoms. The lowest BCUT2D eigenvalue weighted by Crippen LogP contribution is -2.09. The van der Waals surface area contributed by atoms with E-state index in [9.17, 15) is 0 Å². The number of anilines is 3. The number of fused-ring (bicyclic) bond motifs is 7. The van der Waals surface area contributed by atoms with Crippen molar-refractivity contribution in [2.75, 3.05) is 4.90 Å². The summed E-state index contributed by atoms with van der Waals surface area (Å²) in [6.07, 6.45) is 0. The topological polar surface area (TPSA) is 55.6 Å². The second kappa shape index (κ2) is 12.1. The van der Waals surface area contributed by atoms with Crippen molar-refractivity contribution in [3.63, 3.8) is 0 Å². The first-order valence-corrected chi connectivity index (χ1v) is 18.0. The summed E-state index contributed by atoms with van der Waals surface area (Å²) in [5, 5.41) is 4.18. The highest BCUT2D eigenvalue weighted by Gasteiger charge is 2.19. The van der Waals surface area contributed by atoms with E-state index in [0.717, 1.165) is 83.2 Å². The zero-order valence-corrected chi connectivity index (χ0v) is 28.9. The molecule has 3 heterocycles. The normalized spacial score (nSPS) is 11.7. The van der Waals surface area contributed by atoms with Crippen LogP contribution in [0.15, 0.2) is 195 Å². The van der Waals surface area contributed by atoms with Gasteiger partial charge in [-0.1, -0.05) is 103 Å². The van der Waals surface area contributed by atoms with E-state index in [1.54, 1.807) is 0 Å². The predicted octanol–water partition coefficient (Wildman–Crippen LogP) is 14.1. The maximum Gasteiger partial charge on any atom is 0.227 e. The molecule has 0 saturated heterocycles. The molecule has 0 atom stereocenters. The molecule has 0 aliphatic carbocycles. The van der Waals surface area contributed by atoms with Gasteiger partial charge in [0.1, 0.15) is 27.8 Å². The van der Waals surface area contributed by atoms with Crippen LogP contribution in [0, 0.1) is 0 Å². The Bertz CT molecular complexity index is 3160. The molecule has 254 valence electrons. The molecule has 8 aromatic carbocycles. The van der Waals surface area contributed by atoms with Crippen LogP contribution in [-0.4, -0.2) is 4.98 Å². The van der Waals surface area contributed by atoms with Crippen molar-refractivity contribution in [1.82, 2.24) is 4.98 Å². The van der Waals surface area contributed by atoms with Crippen molar-refractivity contribution >= 4 is 72.0 Å². The largest absolute Gasteiger partial charge is 0.456 e. The average Bonchev–Trinajstić information content (AvgIpc) is 3.93. The van der Waals surface area contributed by atoms with Crippen LogP contribution in [0.25, 0.3) is 88.7 Å². The second-order valence-corrected chi connectivity index (χ2v) is 13.6. The molecular formula is C49H30N2O3. The summed E-state index contributed by atoms with van der Waals surface area (Å²) in [6.45, 7) is 0. The molecule has 0 aliphatic heterocycles. The van der Waals surface area contributed by atoms with Crippen LogP contribution >= 0.6 is 0 Å². The molecule has 0 amide bonds. The van der Waals surface area contributed by atoms with Crippen LogP contribution in [0.2, 0.25) is 0 Å². The fourth-order valence-electron chi connectivity index (χ4n) is 7.72. The Labute approximate surface area is 309 Å². The van der Waals surface area contributed by atoms with Crippen molar-refractivity contribution in [2.45, 2.75) is 0 Å². The molecule has 5 nitrogen and oxygen atoms in total. The van der Waals surface area contributed by atoms with E-state index in [1.807, 2.05) is 60.7 Å². The zero-order valence-electron chi connectivity index (χ0n) is 28.9. The van der Waals surface area contributed by atoms with Gasteiger partial charge in [-0.3, -0.25) is 0 Å². The van der Waals surface area contributed by atoms with Gasteiger partial charge < -0.3 is 18.2 Å². The maximum atomic E-state index is 6.55. The van der Waals surface area contributed by atoms with E-state index in [-0.39, 0.29) is 0 Å². The third-order valence-electron chi connectivity index (χ3n) is 10.3. The van der Waals surface area contributed by atoms with Gasteiger partial charge in [-0.15, -0.1) is 0 Å². The highest BCUT2D eigenvalue weighted by atomic mass is 16.4. The molecule has 0 aliphatic rings. The van der Waals surface area contributed by atoms with Gasteiger partial charge in [0.2, 0.25) is 5.89 Å². The van der Waals surface area contributed by atoms with Gasteiger partial charge in [0.15, 0.2) is 5.58 Å². The summed E-state index contributed by atoms with van der Waals surface area (Å²) < 4.78 is 19.1. The first-order valence-electron chi connectivity index (χ1n) is 18.0. The number of benzene rings is 8. The highest BCUT2D eigenvalue weighted by Crippen LogP contribution is 2.42. The van der Waals surface area contributed by atoms with E-state index in [1.165, 1.54) is 16.7 Å². The molecule has 11 rings (SSSR count). The highest BCUT2D eigenvalue weighted by molar-refractivity contribution is 6.10. The predicted molar refractivity (Wildman–Crippen MR) is 220 cm³/mol. The van der Waals surface area contributed by atoms with E-state index in [4.69, 9.17) is 18.2 Å². The first kappa shape index (κ1) is 30.3. The molecule has 5 heteroatoms. The Morgan fingerprint density at radius 3 is 1.56 bits per heavy atom. The number of hydrogen-bond donors (Lipinski definition) is 0. The molecule has 11 aromatic rings. The number of furan rings is 2. The molecule has 0 saturated carbocycles. The fraction of sp³-hybridized carbons (Fsp3) is 0. The smallest absolute Gasteiger partial charge is 0.227 e. The number of aromatic nitrogens is 1. The molecule has 0 radical (unpaired) electrons. The van der Waals surface area contributed by atoms with Crippen molar-refractivity contribution < 1.29 is 13.3 Å². The first-order chi connectivity index (χ1) is 26.7. The second-order valence-electron chi connectivity index (χ2n) is 13.6. The number of para-hydroxylation sites is 1. The molecule has 0 spiro atoms. The molecule has 3 aromatic heterocycles. The summed E-state index contributed by atoms with van der Waals surface area (Å²) in [7, 11) is 0. The summed E-state index contributed by atoms with van der Waals surface area (Å²) >= 11 is 0. The van der Waals surface area contributed by atoms with Crippen LogP contribution in [0.5, 0.6) is 0 Å². The standard InChI is InChI=1S/C49H30N2O3/c1-3-11-31(12-4-1)37-15-7-8-16-38(37)32-19-21-34(22-20-32)51(35-23-25-40-39-17-9-10-18-44(39)52-45(40)27-35)36-24-26-41-42-29-48-43(30-47(42)53-46(41)28-36)50-49(54-48)33-13-5-2-6-14-33/h1-30H. The van der Waals surface area contributed by atoms with Gasteiger partial charge in [0, 0.05) is 62.4 Å². The van der Waals surface area contributed by atoms with Crippen molar-refractivity contribution in [3.05, 3.63) is 182 Å². The van der Waals surface area contributed by atoms with Gasteiger partial charge in [-0.2, -0.15) is 0 Å². The number of oxazole rings is 1. The average molecular weight is 695 g/mol. The Balaban J connectivity index is 1.04.